The summed E-state index contributed by atoms with van der Waals surface area (Å²) in [5.74, 6) is -1.03. The predicted molar refractivity (Wildman–Crippen MR) is 122 cm³/mol. The van der Waals surface area contributed by atoms with Gasteiger partial charge in [-0.15, -0.1) is 0 Å². The second kappa shape index (κ2) is 11.1. The van der Waals surface area contributed by atoms with Crippen LogP contribution < -0.4 is 4.72 Å². The Hall–Kier alpha value is -1.60. The summed E-state index contributed by atoms with van der Waals surface area (Å²) in [7, 11) is -3.82. The third-order valence-corrected chi connectivity index (χ3v) is 7.46. The lowest BCUT2D eigenvalue weighted by molar-refractivity contribution is -0.139. The quantitative estimate of drug-likeness (QED) is 0.414. The molecule has 1 aromatic carbocycles. The highest BCUT2D eigenvalue weighted by Gasteiger charge is 2.39. The summed E-state index contributed by atoms with van der Waals surface area (Å²) < 4.78 is 32.4. The summed E-state index contributed by atoms with van der Waals surface area (Å²) in [6, 6.07) is 7.57. The number of carbonyl (C=O) groups is 1. The van der Waals surface area contributed by atoms with E-state index in [0.717, 1.165) is 31.6 Å². The van der Waals surface area contributed by atoms with E-state index in [-0.39, 0.29) is 12.0 Å². The first-order valence-corrected chi connectivity index (χ1v) is 12.8. The zero-order valence-corrected chi connectivity index (χ0v) is 19.8. The van der Waals surface area contributed by atoms with Crippen molar-refractivity contribution in [2.24, 2.45) is 5.92 Å². The van der Waals surface area contributed by atoms with Gasteiger partial charge in [-0.2, -0.15) is 0 Å². The summed E-state index contributed by atoms with van der Waals surface area (Å²) in [4.78, 5) is 14.2. The number of carbonyl (C=O) groups excluding carboxylic acids is 1. The number of nitrogens with zero attached hydrogens (tertiary/aromatic N) is 1. The molecule has 2 rings (SSSR count). The van der Waals surface area contributed by atoms with Crippen LogP contribution in [0, 0.1) is 5.92 Å². The SMILES string of the molecule is CCCCCCN1CCC(C)(c2ccccc2NS(=O)(=O)CC(=O)OCC)C(C)C1. The molecule has 1 aliphatic rings. The standard InChI is InChI=1S/C23H38N2O4S/c1-5-7-8-11-15-25-16-14-23(4,19(3)17-25)20-12-9-10-13-21(20)24-30(27,28)18-22(26)29-6-2/h9-10,12-13,19,24H,5-8,11,14-18H2,1-4H3. The molecule has 0 radical (unpaired) electrons. The maximum absolute atomic E-state index is 12.5. The Morgan fingerprint density at radius 3 is 2.63 bits per heavy atom. The summed E-state index contributed by atoms with van der Waals surface area (Å²) in [6.45, 7) is 11.7. The molecule has 0 aromatic heterocycles. The number of esters is 1. The summed E-state index contributed by atoms with van der Waals surface area (Å²) in [5, 5.41) is 0. The molecule has 1 N–H and O–H groups in total. The van der Waals surface area contributed by atoms with Crippen molar-refractivity contribution in [1.82, 2.24) is 4.90 Å². The Morgan fingerprint density at radius 1 is 1.23 bits per heavy atom. The lowest BCUT2D eigenvalue weighted by Crippen LogP contribution is -2.47. The number of rotatable bonds is 11. The topological polar surface area (TPSA) is 75.7 Å². The zero-order chi connectivity index (χ0) is 22.2. The fourth-order valence-electron chi connectivity index (χ4n) is 4.31. The third kappa shape index (κ3) is 6.71. The first-order chi connectivity index (χ1) is 14.2. The number of nitrogens with one attached hydrogen (secondary N) is 1. The van der Waals surface area contributed by atoms with Crippen molar-refractivity contribution in [2.75, 3.05) is 36.7 Å². The molecule has 0 amide bonds. The number of benzene rings is 1. The Bertz CT molecular complexity index is 796. The first-order valence-electron chi connectivity index (χ1n) is 11.2. The number of likely N-dealkylation sites (tertiary alicyclic amines) is 1. The van der Waals surface area contributed by atoms with Gasteiger partial charge in [0.25, 0.3) is 0 Å². The third-order valence-electron chi connectivity index (χ3n) is 6.32. The first kappa shape index (κ1) is 24.7. The number of sulfonamides is 1. The van der Waals surface area contributed by atoms with Gasteiger partial charge >= 0.3 is 5.97 Å². The normalized spacial score (nSPS) is 22.6. The molecular weight excluding hydrogens is 400 g/mol. The van der Waals surface area contributed by atoms with Gasteiger partial charge in [0.2, 0.25) is 10.0 Å². The lowest BCUT2D eigenvalue weighted by atomic mass is 9.67. The molecule has 1 aliphatic heterocycles. The minimum absolute atomic E-state index is 0.136. The monoisotopic (exact) mass is 438 g/mol. The molecule has 1 saturated heterocycles. The van der Waals surface area contributed by atoms with Gasteiger partial charge in [-0.05, 0) is 55.8 Å². The van der Waals surface area contributed by atoms with Crippen LogP contribution in [0.2, 0.25) is 0 Å². The Kier molecular flexibility index (Phi) is 9.16. The molecule has 0 bridgehead atoms. The number of hydrogen-bond donors (Lipinski definition) is 1. The molecule has 30 heavy (non-hydrogen) atoms. The van der Waals surface area contributed by atoms with Crippen molar-refractivity contribution < 1.29 is 17.9 Å². The molecule has 7 heteroatoms. The van der Waals surface area contributed by atoms with Gasteiger partial charge in [0.1, 0.15) is 0 Å². The number of ether oxygens (including phenoxy) is 1. The largest absolute Gasteiger partial charge is 0.465 e. The maximum Gasteiger partial charge on any atom is 0.323 e. The van der Waals surface area contributed by atoms with Crippen LogP contribution in [0.3, 0.4) is 0 Å². The molecule has 1 fully saturated rings. The van der Waals surface area contributed by atoms with Crippen molar-refractivity contribution >= 4 is 21.7 Å². The van der Waals surface area contributed by atoms with Gasteiger partial charge in [-0.25, -0.2) is 8.42 Å². The van der Waals surface area contributed by atoms with E-state index in [4.69, 9.17) is 4.74 Å². The lowest BCUT2D eigenvalue weighted by Gasteiger charge is -2.45. The average Bonchev–Trinajstić information content (AvgIpc) is 2.68. The molecule has 2 atom stereocenters. The van der Waals surface area contributed by atoms with E-state index in [1.54, 1.807) is 13.0 Å². The molecule has 6 nitrogen and oxygen atoms in total. The van der Waals surface area contributed by atoms with E-state index in [0.29, 0.717) is 11.6 Å². The van der Waals surface area contributed by atoms with Crippen LogP contribution in [0.4, 0.5) is 5.69 Å². The highest BCUT2D eigenvalue weighted by atomic mass is 32.2. The molecule has 1 aromatic rings. The maximum atomic E-state index is 12.5. The van der Waals surface area contributed by atoms with Crippen LogP contribution in [-0.2, 0) is 25.0 Å². The van der Waals surface area contributed by atoms with Gasteiger partial charge < -0.3 is 9.64 Å². The van der Waals surface area contributed by atoms with E-state index in [1.165, 1.54) is 25.7 Å². The fraction of sp³-hybridized carbons (Fsp3) is 0.696. The smallest absolute Gasteiger partial charge is 0.323 e. The van der Waals surface area contributed by atoms with Crippen molar-refractivity contribution in [3.63, 3.8) is 0 Å². The van der Waals surface area contributed by atoms with Crippen LogP contribution >= 0.6 is 0 Å². The van der Waals surface area contributed by atoms with Crippen LogP contribution in [0.5, 0.6) is 0 Å². The number of piperidine rings is 1. The number of anilines is 1. The van der Waals surface area contributed by atoms with Crippen molar-refractivity contribution in [2.45, 2.75) is 65.2 Å². The fourth-order valence-corrected chi connectivity index (χ4v) is 5.29. The van der Waals surface area contributed by atoms with Crippen LogP contribution in [-0.4, -0.2) is 51.3 Å². The molecular formula is C23H38N2O4S. The van der Waals surface area contributed by atoms with Crippen molar-refractivity contribution in [3.8, 4) is 0 Å². The molecule has 0 spiro atoms. The number of para-hydroxylation sites is 1. The van der Waals surface area contributed by atoms with Gasteiger partial charge in [0.05, 0.1) is 12.3 Å². The van der Waals surface area contributed by atoms with E-state index >= 15 is 0 Å². The molecule has 0 aliphatic carbocycles. The molecule has 2 unspecified atom stereocenters. The minimum atomic E-state index is -3.82. The summed E-state index contributed by atoms with van der Waals surface area (Å²) in [6.07, 6.45) is 6.03. The van der Waals surface area contributed by atoms with Gasteiger partial charge in [0, 0.05) is 6.54 Å². The second-order valence-electron chi connectivity index (χ2n) is 8.64. The van der Waals surface area contributed by atoms with Crippen molar-refractivity contribution in [1.29, 1.82) is 0 Å². The minimum Gasteiger partial charge on any atom is -0.465 e. The molecule has 1 heterocycles. The van der Waals surface area contributed by atoms with Gasteiger partial charge in [-0.1, -0.05) is 58.2 Å². The van der Waals surface area contributed by atoms with E-state index < -0.39 is 21.7 Å². The van der Waals surface area contributed by atoms with E-state index in [1.807, 2.05) is 18.2 Å². The summed E-state index contributed by atoms with van der Waals surface area (Å²) >= 11 is 0. The predicted octanol–water partition coefficient (Wildman–Crippen LogP) is 4.17. The highest BCUT2D eigenvalue weighted by Crippen LogP contribution is 2.42. The van der Waals surface area contributed by atoms with Gasteiger partial charge in [-0.3, -0.25) is 9.52 Å². The Morgan fingerprint density at radius 2 is 1.97 bits per heavy atom. The second-order valence-corrected chi connectivity index (χ2v) is 10.4. The highest BCUT2D eigenvalue weighted by molar-refractivity contribution is 7.93. The molecule has 170 valence electrons. The van der Waals surface area contributed by atoms with E-state index in [2.05, 4.69) is 30.4 Å². The van der Waals surface area contributed by atoms with Crippen LogP contribution in [0.25, 0.3) is 0 Å². The number of unbranched alkanes of at least 4 members (excludes halogenated alkanes) is 3. The average molecular weight is 439 g/mol. The Labute approximate surface area is 182 Å². The van der Waals surface area contributed by atoms with Crippen LogP contribution in [0.15, 0.2) is 24.3 Å². The van der Waals surface area contributed by atoms with Crippen LogP contribution in [0.1, 0.15) is 65.4 Å². The molecule has 0 saturated carbocycles. The summed E-state index contributed by atoms with van der Waals surface area (Å²) in [5.41, 5.74) is 1.42. The van der Waals surface area contributed by atoms with E-state index in [9.17, 15) is 13.2 Å². The zero-order valence-electron chi connectivity index (χ0n) is 18.9. The Balaban J connectivity index is 2.11. The van der Waals surface area contributed by atoms with Crippen molar-refractivity contribution in [3.05, 3.63) is 29.8 Å². The van der Waals surface area contributed by atoms with Gasteiger partial charge in [0.15, 0.2) is 5.75 Å². The number of hydrogen-bond acceptors (Lipinski definition) is 5.